The zero-order valence-corrected chi connectivity index (χ0v) is 13.7. The monoisotopic (exact) mass is 290 g/mol. The van der Waals surface area contributed by atoms with Crippen molar-refractivity contribution < 1.29 is 8.42 Å². The molecule has 0 saturated carbocycles. The number of hydrogen-bond donors (Lipinski definition) is 1. The van der Waals surface area contributed by atoms with Crippen molar-refractivity contribution in [2.45, 2.75) is 47.0 Å². The van der Waals surface area contributed by atoms with Gasteiger partial charge in [0.2, 0.25) is 10.0 Å². The van der Waals surface area contributed by atoms with E-state index in [1.54, 1.807) is 4.31 Å². The molecule has 19 heavy (non-hydrogen) atoms. The first-order chi connectivity index (χ1) is 8.77. The number of nitrogens with one attached hydrogen (secondary N) is 1. The molecule has 0 amide bonds. The Morgan fingerprint density at radius 1 is 1.21 bits per heavy atom. The van der Waals surface area contributed by atoms with E-state index in [-0.39, 0.29) is 5.75 Å². The van der Waals surface area contributed by atoms with Crippen molar-refractivity contribution in [2.75, 3.05) is 31.9 Å². The van der Waals surface area contributed by atoms with Gasteiger partial charge >= 0.3 is 0 Å². The van der Waals surface area contributed by atoms with Crippen LogP contribution in [-0.4, -0.2) is 44.7 Å². The molecule has 1 N–H and O–H groups in total. The molecule has 0 unspecified atom stereocenters. The van der Waals surface area contributed by atoms with E-state index < -0.39 is 10.0 Å². The molecule has 1 fully saturated rings. The van der Waals surface area contributed by atoms with Crippen molar-refractivity contribution in [1.29, 1.82) is 0 Å². The maximum atomic E-state index is 12.2. The second-order valence-electron chi connectivity index (χ2n) is 6.56. The molecule has 1 aliphatic heterocycles. The van der Waals surface area contributed by atoms with Gasteiger partial charge in [0, 0.05) is 13.1 Å². The summed E-state index contributed by atoms with van der Waals surface area (Å²) in [5.74, 6) is 0.918. The minimum Gasteiger partial charge on any atom is -0.317 e. The summed E-state index contributed by atoms with van der Waals surface area (Å²) in [6.45, 7) is 11.9. The van der Waals surface area contributed by atoms with Gasteiger partial charge in [-0.15, -0.1) is 0 Å². The molecule has 0 aromatic heterocycles. The Balaban J connectivity index is 2.41. The molecule has 0 aliphatic carbocycles. The highest BCUT2D eigenvalue weighted by atomic mass is 32.2. The molecular formula is C14H30N2O2S. The normalized spacial score (nSPS) is 19.8. The number of sulfonamides is 1. The zero-order valence-electron chi connectivity index (χ0n) is 12.9. The van der Waals surface area contributed by atoms with Crippen molar-refractivity contribution >= 4 is 10.0 Å². The van der Waals surface area contributed by atoms with E-state index in [9.17, 15) is 8.42 Å². The quantitative estimate of drug-likeness (QED) is 0.762. The molecule has 1 rings (SSSR count). The summed E-state index contributed by atoms with van der Waals surface area (Å²) in [6.07, 6.45) is 2.70. The van der Waals surface area contributed by atoms with Gasteiger partial charge in [0.1, 0.15) is 0 Å². The molecule has 1 aliphatic rings. The lowest BCUT2D eigenvalue weighted by Gasteiger charge is -2.38. The third-order valence-corrected chi connectivity index (χ3v) is 6.03. The highest BCUT2D eigenvalue weighted by Crippen LogP contribution is 2.34. The lowest BCUT2D eigenvalue weighted by atomic mass is 9.76. The van der Waals surface area contributed by atoms with E-state index >= 15 is 0 Å². The lowest BCUT2D eigenvalue weighted by Crippen LogP contribution is -2.42. The fraction of sp³-hybridized carbons (Fsp3) is 1.00. The summed E-state index contributed by atoms with van der Waals surface area (Å²) in [5.41, 5.74) is 0.293. The average Bonchev–Trinajstić information content (AvgIpc) is 2.34. The number of nitrogens with zero attached hydrogens (tertiary/aromatic N) is 1. The van der Waals surface area contributed by atoms with Crippen LogP contribution in [0, 0.1) is 11.3 Å². The largest absolute Gasteiger partial charge is 0.317 e. The van der Waals surface area contributed by atoms with Gasteiger partial charge in [-0.25, -0.2) is 12.7 Å². The van der Waals surface area contributed by atoms with Gasteiger partial charge in [0.15, 0.2) is 0 Å². The fourth-order valence-electron chi connectivity index (χ4n) is 2.69. The minimum atomic E-state index is -3.04. The Bertz CT molecular complexity index is 352. The second-order valence-corrected chi connectivity index (χ2v) is 8.65. The predicted octanol–water partition coefficient (Wildman–Crippen LogP) is 2.07. The third kappa shape index (κ3) is 5.40. The minimum absolute atomic E-state index is 0.278. The van der Waals surface area contributed by atoms with Crippen LogP contribution in [0.25, 0.3) is 0 Å². The maximum absolute atomic E-state index is 12.2. The molecule has 1 heterocycles. The summed E-state index contributed by atoms with van der Waals surface area (Å²) < 4.78 is 26.1. The van der Waals surface area contributed by atoms with E-state index in [1.807, 2.05) is 6.92 Å². The Morgan fingerprint density at radius 3 is 2.26 bits per heavy atom. The van der Waals surface area contributed by atoms with Gasteiger partial charge in [0.25, 0.3) is 0 Å². The molecule has 0 radical (unpaired) electrons. The van der Waals surface area contributed by atoms with Crippen LogP contribution in [0.5, 0.6) is 0 Å². The van der Waals surface area contributed by atoms with Crippen LogP contribution in [0.15, 0.2) is 0 Å². The molecule has 114 valence electrons. The van der Waals surface area contributed by atoms with E-state index in [0.29, 0.717) is 30.8 Å². The Kier molecular flexibility index (Phi) is 6.27. The SMILES string of the molecule is CCNCCCS(=O)(=O)N1CCC(C(C)(C)C)CC1. The molecule has 1 saturated heterocycles. The Hall–Kier alpha value is -0.130. The first-order valence-electron chi connectivity index (χ1n) is 7.46. The fourth-order valence-corrected chi connectivity index (χ4v) is 4.22. The Labute approximate surface area is 119 Å². The summed E-state index contributed by atoms with van der Waals surface area (Å²) in [5, 5.41) is 3.17. The van der Waals surface area contributed by atoms with Crippen LogP contribution in [0.4, 0.5) is 0 Å². The van der Waals surface area contributed by atoms with Crippen molar-refractivity contribution in [2.24, 2.45) is 11.3 Å². The molecule has 0 atom stereocenters. The van der Waals surface area contributed by atoms with Crippen LogP contribution >= 0.6 is 0 Å². The predicted molar refractivity (Wildman–Crippen MR) is 80.7 cm³/mol. The second kappa shape index (κ2) is 7.04. The highest BCUT2D eigenvalue weighted by molar-refractivity contribution is 7.89. The summed E-state index contributed by atoms with van der Waals surface area (Å²) in [6, 6.07) is 0. The van der Waals surface area contributed by atoms with Crippen LogP contribution in [-0.2, 0) is 10.0 Å². The van der Waals surface area contributed by atoms with Crippen molar-refractivity contribution in [3.63, 3.8) is 0 Å². The van der Waals surface area contributed by atoms with Gasteiger partial charge in [-0.2, -0.15) is 0 Å². The van der Waals surface area contributed by atoms with E-state index in [1.165, 1.54) is 0 Å². The average molecular weight is 290 g/mol. The van der Waals surface area contributed by atoms with Gasteiger partial charge in [-0.3, -0.25) is 0 Å². The first kappa shape index (κ1) is 16.9. The standard InChI is InChI=1S/C14H30N2O2S/c1-5-15-9-6-12-19(17,18)16-10-7-13(8-11-16)14(2,3)4/h13,15H,5-12H2,1-4H3. The smallest absolute Gasteiger partial charge is 0.214 e. The highest BCUT2D eigenvalue weighted by Gasteiger charge is 2.32. The van der Waals surface area contributed by atoms with E-state index in [0.717, 1.165) is 25.9 Å². The molecule has 5 heteroatoms. The number of rotatable bonds is 6. The number of hydrogen-bond acceptors (Lipinski definition) is 3. The molecule has 4 nitrogen and oxygen atoms in total. The molecule has 0 bridgehead atoms. The molecule has 0 aromatic carbocycles. The first-order valence-corrected chi connectivity index (χ1v) is 9.07. The lowest BCUT2D eigenvalue weighted by molar-refractivity contribution is 0.154. The van der Waals surface area contributed by atoms with Crippen LogP contribution in [0.1, 0.15) is 47.0 Å². The number of piperidine rings is 1. The van der Waals surface area contributed by atoms with Crippen LogP contribution < -0.4 is 5.32 Å². The van der Waals surface area contributed by atoms with Crippen molar-refractivity contribution in [1.82, 2.24) is 9.62 Å². The van der Waals surface area contributed by atoms with Crippen molar-refractivity contribution in [3.8, 4) is 0 Å². The maximum Gasteiger partial charge on any atom is 0.214 e. The van der Waals surface area contributed by atoms with Gasteiger partial charge in [-0.05, 0) is 43.7 Å². The molecular weight excluding hydrogens is 260 g/mol. The van der Waals surface area contributed by atoms with Crippen molar-refractivity contribution in [3.05, 3.63) is 0 Å². The van der Waals surface area contributed by atoms with E-state index in [2.05, 4.69) is 26.1 Å². The topological polar surface area (TPSA) is 49.4 Å². The van der Waals surface area contributed by atoms with Crippen LogP contribution in [0.3, 0.4) is 0 Å². The molecule has 0 aromatic rings. The zero-order chi connectivity index (χ0) is 14.5. The Morgan fingerprint density at radius 2 is 1.79 bits per heavy atom. The molecule has 0 spiro atoms. The van der Waals surface area contributed by atoms with E-state index in [4.69, 9.17) is 0 Å². The summed E-state index contributed by atoms with van der Waals surface area (Å²) >= 11 is 0. The third-order valence-electron chi connectivity index (χ3n) is 4.08. The van der Waals surface area contributed by atoms with Gasteiger partial charge < -0.3 is 5.32 Å². The van der Waals surface area contributed by atoms with Gasteiger partial charge in [-0.1, -0.05) is 27.7 Å². The summed E-state index contributed by atoms with van der Waals surface area (Å²) in [7, 11) is -3.04. The van der Waals surface area contributed by atoms with Crippen LogP contribution in [0.2, 0.25) is 0 Å². The summed E-state index contributed by atoms with van der Waals surface area (Å²) in [4.78, 5) is 0. The van der Waals surface area contributed by atoms with Gasteiger partial charge in [0.05, 0.1) is 5.75 Å².